The number of hydrogen-bond donors (Lipinski definition) is 2. The number of benzene rings is 1. The van der Waals surface area contributed by atoms with Gasteiger partial charge in [0.2, 0.25) is 0 Å². The molecule has 33 heavy (non-hydrogen) atoms. The number of urea groups is 1. The standard InChI is InChI=1S/C28H47N3O2/c1-2-33-19-10-9-17-27(24-14-7-4-8-15-24)25-16-11-18-31(22-25)28(32)30-26(21-29)20-23-12-5-3-6-13-23/h4,7-8,14-15,23,25-27H,2-3,5-6,9-13,16-22,29H2,1H3,(H,30,32). The Balaban J connectivity index is 1.56. The SMILES string of the molecule is CCOCCCCC(c1ccccc1)C1CCCN(C(=O)NC(CN)CC2CCCCC2)C1. The van der Waals surface area contributed by atoms with Crippen LogP contribution >= 0.6 is 0 Å². The second-order valence-electron chi connectivity index (χ2n) is 10.2. The first kappa shape index (κ1) is 26.0. The first-order chi connectivity index (χ1) is 16.2. The molecule has 1 aliphatic heterocycles. The Kier molecular flexibility index (Phi) is 11.5. The lowest BCUT2D eigenvalue weighted by Gasteiger charge is -2.38. The average Bonchev–Trinajstić information content (AvgIpc) is 2.87. The van der Waals surface area contributed by atoms with E-state index in [-0.39, 0.29) is 12.1 Å². The second-order valence-corrected chi connectivity index (χ2v) is 10.2. The Morgan fingerprint density at radius 1 is 1.12 bits per heavy atom. The zero-order valence-corrected chi connectivity index (χ0v) is 20.9. The fourth-order valence-electron chi connectivity index (χ4n) is 5.92. The summed E-state index contributed by atoms with van der Waals surface area (Å²) in [7, 11) is 0. The lowest BCUT2D eigenvalue weighted by atomic mass is 9.78. The molecule has 1 aromatic carbocycles. The molecule has 5 heteroatoms. The Morgan fingerprint density at radius 2 is 1.91 bits per heavy atom. The summed E-state index contributed by atoms with van der Waals surface area (Å²) in [5.41, 5.74) is 7.48. The summed E-state index contributed by atoms with van der Waals surface area (Å²) in [5, 5.41) is 3.29. The summed E-state index contributed by atoms with van der Waals surface area (Å²) < 4.78 is 5.55. The van der Waals surface area contributed by atoms with Crippen molar-refractivity contribution >= 4 is 6.03 Å². The van der Waals surface area contributed by atoms with Crippen LogP contribution in [0.2, 0.25) is 0 Å². The van der Waals surface area contributed by atoms with Crippen molar-refractivity contribution < 1.29 is 9.53 Å². The van der Waals surface area contributed by atoms with Crippen LogP contribution in [0.1, 0.15) is 89.0 Å². The quantitative estimate of drug-likeness (QED) is 0.396. The van der Waals surface area contributed by atoms with Gasteiger partial charge in [-0.05, 0) is 62.3 Å². The maximum Gasteiger partial charge on any atom is 0.317 e. The summed E-state index contributed by atoms with van der Waals surface area (Å²) in [6, 6.07) is 11.1. The van der Waals surface area contributed by atoms with Gasteiger partial charge in [0.25, 0.3) is 0 Å². The van der Waals surface area contributed by atoms with Crippen LogP contribution < -0.4 is 11.1 Å². The molecule has 1 heterocycles. The van der Waals surface area contributed by atoms with Crippen molar-refractivity contribution in [3.05, 3.63) is 35.9 Å². The summed E-state index contributed by atoms with van der Waals surface area (Å²) >= 11 is 0. The van der Waals surface area contributed by atoms with Crippen molar-refractivity contribution in [3.63, 3.8) is 0 Å². The summed E-state index contributed by atoms with van der Waals surface area (Å²) in [6.07, 6.45) is 13.3. The minimum absolute atomic E-state index is 0.0918. The molecule has 2 aliphatic rings. The van der Waals surface area contributed by atoms with Gasteiger partial charge in [0, 0.05) is 38.9 Å². The van der Waals surface area contributed by atoms with Gasteiger partial charge in [-0.3, -0.25) is 0 Å². The molecule has 0 bridgehead atoms. The van der Waals surface area contributed by atoms with Crippen molar-refractivity contribution in [1.82, 2.24) is 10.2 Å². The van der Waals surface area contributed by atoms with E-state index < -0.39 is 0 Å². The first-order valence-electron chi connectivity index (χ1n) is 13.6. The van der Waals surface area contributed by atoms with Gasteiger partial charge < -0.3 is 20.7 Å². The molecule has 0 spiro atoms. The van der Waals surface area contributed by atoms with E-state index in [0.29, 0.717) is 18.4 Å². The molecule has 1 saturated heterocycles. The van der Waals surface area contributed by atoms with E-state index in [1.165, 1.54) is 50.5 Å². The van der Waals surface area contributed by atoms with Crippen LogP contribution in [-0.2, 0) is 4.74 Å². The van der Waals surface area contributed by atoms with E-state index in [1.807, 2.05) is 0 Å². The third kappa shape index (κ3) is 8.60. The Labute approximate surface area is 201 Å². The van der Waals surface area contributed by atoms with E-state index in [4.69, 9.17) is 10.5 Å². The molecule has 5 nitrogen and oxygen atoms in total. The third-order valence-electron chi connectivity index (χ3n) is 7.75. The Hall–Kier alpha value is -1.59. The smallest absolute Gasteiger partial charge is 0.317 e. The van der Waals surface area contributed by atoms with Crippen molar-refractivity contribution in [2.45, 2.75) is 89.5 Å². The first-order valence-corrected chi connectivity index (χ1v) is 13.6. The van der Waals surface area contributed by atoms with Gasteiger partial charge in [-0.2, -0.15) is 0 Å². The van der Waals surface area contributed by atoms with Crippen LogP contribution in [0.5, 0.6) is 0 Å². The van der Waals surface area contributed by atoms with Gasteiger partial charge in [-0.25, -0.2) is 4.79 Å². The molecule has 2 amide bonds. The van der Waals surface area contributed by atoms with Crippen LogP contribution in [-0.4, -0.2) is 49.8 Å². The van der Waals surface area contributed by atoms with Crippen LogP contribution in [0, 0.1) is 11.8 Å². The number of nitrogens with zero attached hydrogens (tertiary/aromatic N) is 1. The second kappa shape index (κ2) is 14.6. The molecule has 3 rings (SSSR count). The molecule has 2 fully saturated rings. The lowest BCUT2D eigenvalue weighted by Crippen LogP contribution is -2.51. The molecule has 1 saturated carbocycles. The third-order valence-corrected chi connectivity index (χ3v) is 7.75. The van der Waals surface area contributed by atoms with E-state index >= 15 is 0 Å². The summed E-state index contributed by atoms with van der Waals surface area (Å²) in [5.74, 6) is 1.73. The predicted molar refractivity (Wildman–Crippen MR) is 136 cm³/mol. The number of piperidine rings is 1. The fraction of sp³-hybridized carbons (Fsp3) is 0.750. The van der Waals surface area contributed by atoms with Gasteiger partial charge in [0.05, 0.1) is 0 Å². The van der Waals surface area contributed by atoms with Gasteiger partial charge in [-0.1, -0.05) is 68.9 Å². The molecule has 3 atom stereocenters. The van der Waals surface area contributed by atoms with E-state index in [9.17, 15) is 4.79 Å². The molecule has 1 aromatic rings. The molecule has 186 valence electrons. The van der Waals surface area contributed by atoms with Crippen LogP contribution in [0.3, 0.4) is 0 Å². The minimum atomic E-state index is 0.0918. The number of unbranched alkanes of at least 4 members (excludes halogenated alkanes) is 1. The van der Waals surface area contributed by atoms with Crippen LogP contribution in [0.15, 0.2) is 30.3 Å². The zero-order valence-electron chi connectivity index (χ0n) is 20.9. The monoisotopic (exact) mass is 457 g/mol. The number of nitrogens with one attached hydrogen (secondary N) is 1. The van der Waals surface area contributed by atoms with Crippen molar-refractivity contribution in [3.8, 4) is 0 Å². The van der Waals surface area contributed by atoms with Gasteiger partial charge in [-0.15, -0.1) is 0 Å². The fourth-order valence-corrected chi connectivity index (χ4v) is 5.92. The van der Waals surface area contributed by atoms with Crippen LogP contribution in [0.4, 0.5) is 4.79 Å². The maximum absolute atomic E-state index is 13.2. The van der Waals surface area contributed by atoms with Crippen molar-refractivity contribution in [1.29, 1.82) is 0 Å². The number of carbonyl (C=O) groups is 1. The average molecular weight is 458 g/mol. The Morgan fingerprint density at radius 3 is 2.64 bits per heavy atom. The summed E-state index contributed by atoms with van der Waals surface area (Å²) in [4.78, 5) is 15.3. The van der Waals surface area contributed by atoms with E-state index in [2.05, 4.69) is 47.5 Å². The highest BCUT2D eigenvalue weighted by molar-refractivity contribution is 5.74. The largest absolute Gasteiger partial charge is 0.382 e. The van der Waals surface area contributed by atoms with Crippen molar-refractivity contribution in [2.24, 2.45) is 17.6 Å². The topological polar surface area (TPSA) is 67.6 Å². The lowest BCUT2D eigenvalue weighted by molar-refractivity contribution is 0.136. The number of carbonyl (C=O) groups excluding carboxylic acids is 1. The minimum Gasteiger partial charge on any atom is -0.382 e. The van der Waals surface area contributed by atoms with E-state index in [1.54, 1.807) is 0 Å². The van der Waals surface area contributed by atoms with Gasteiger partial charge >= 0.3 is 6.03 Å². The zero-order chi connectivity index (χ0) is 23.3. The predicted octanol–water partition coefficient (Wildman–Crippen LogP) is 5.70. The number of ether oxygens (including phenoxy) is 1. The van der Waals surface area contributed by atoms with Crippen LogP contribution in [0.25, 0.3) is 0 Å². The molecule has 0 aromatic heterocycles. The number of hydrogen-bond acceptors (Lipinski definition) is 3. The number of likely N-dealkylation sites (tertiary alicyclic amines) is 1. The normalized spacial score (nSPS) is 21.5. The molecular formula is C28H47N3O2. The molecule has 3 unspecified atom stereocenters. The highest BCUT2D eigenvalue weighted by Gasteiger charge is 2.31. The van der Waals surface area contributed by atoms with Gasteiger partial charge in [0.1, 0.15) is 0 Å². The highest BCUT2D eigenvalue weighted by Crippen LogP contribution is 2.36. The molecule has 1 aliphatic carbocycles. The van der Waals surface area contributed by atoms with E-state index in [0.717, 1.165) is 57.9 Å². The highest BCUT2D eigenvalue weighted by atomic mass is 16.5. The van der Waals surface area contributed by atoms with Gasteiger partial charge in [0.15, 0.2) is 0 Å². The molecule has 3 N–H and O–H groups in total. The molecule has 0 radical (unpaired) electrons. The number of amides is 2. The maximum atomic E-state index is 13.2. The van der Waals surface area contributed by atoms with Crippen molar-refractivity contribution in [2.75, 3.05) is 32.8 Å². The Bertz CT molecular complexity index is 662. The molecular weight excluding hydrogens is 410 g/mol. The number of rotatable bonds is 12. The number of nitrogens with two attached hydrogens (primary N) is 1. The summed E-state index contributed by atoms with van der Waals surface area (Å²) in [6.45, 7) is 5.93.